The molecule has 0 radical (unpaired) electrons. The first-order valence-corrected chi connectivity index (χ1v) is 4.97. The summed E-state index contributed by atoms with van der Waals surface area (Å²) < 4.78 is 0. The molecule has 1 aromatic carbocycles. The van der Waals surface area contributed by atoms with Gasteiger partial charge >= 0.3 is 0 Å². The molecule has 0 saturated heterocycles. The van der Waals surface area contributed by atoms with Crippen molar-refractivity contribution in [1.82, 2.24) is 0 Å². The van der Waals surface area contributed by atoms with Crippen LogP contribution < -0.4 is 5.73 Å². The summed E-state index contributed by atoms with van der Waals surface area (Å²) in [5, 5.41) is 0.849. The maximum Gasteiger partial charge on any atom is 0.0437 e. The highest BCUT2D eigenvalue weighted by molar-refractivity contribution is 6.31. The molecule has 1 atom stereocenters. The Morgan fingerprint density at radius 2 is 2.15 bits per heavy atom. The molecular weight excluding hydrogens is 182 g/mol. The third kappa shape index (κ3) is 2.71. The van der Waals surface area contributed by atoms with Crippen LogP contribution in [0.5, 0.6) is 0 Å². The summed E-state index contributed by atoms with van der Waals surface area (Å²) >= 11 is 6.01. The van der Waals surface area contributed by atoms with Gasteiger partial charge in [-0.2, -0.15) is 0 Å². The summed E-state index contributed by atoms with van der Waals surface area (Å²) in [4.78, 5) is 0. The molecule has 2 heteroatoms. The van der Waals surface area contributed by atoms with Gasteiger partial charge in [-0.25, -0.2) is 0 Å². The van der Waals surface area contributed by atoms with E-state index in [1.807, 2.05) is 12.1 Å². The van der Waals surface area contributed by atoms with Gasteiger partial charge in [0.15, 0.2) is 0 Å². The summed E-state index contributed by atoms with van der Waals surface area (Å²) in [7, 11) is 0. The number of hydrogen-bond donors (Lipinski definition) is 1. The molecule has 0 aromatic heterocycles. The topological polar surface area (TPSA) is 26.0 Å². The molecule has 0 saturated carbocycles. The monoisotopic (exact) mass is 197 g/mol. The lowest BCUT2D eigenvalue weighted by atomic mass is 9.98. The lowest BCUT2D eigenvalue weighted by Crippen LogP contribution is -2.13. The van der Waals surface area contributed by atoms with E-state index in [-0.39, 0.29) is 0 Å². The largest absolute Gasteiger partial charge is 0.330 e. The fraction of sp³-hybridized carbons (Fsp3) is 0.455. The van der Waals surface area contributed by atoms with Crippen LogP contribution in [0.15, 0.2) is 18.2 Å². The van der Waals surface area contributed by atoms with Crippen molar-refractivity contribution in [2.75, 3.05) is 6.54 Å². The number of hydrogen-bond acceptors (Lipinski definition) is 1. The Kier molecular flexibility index (Phi) is 3.76. The molecule has 1 rings (SSSR count). The van der Waals surface area contributed by atoms with Crippen LogP contribution >= 0.6 is 11.6 Å². The summed E-state index contributed by atoms with van der Waals surface area (Å²) in [5.74, 6) is 0.525. The predicted octanol–water partition coefficient (Wildman–Crippen LogP) is 2.79. The Bertz CT molecular complexity index is 283. The van der Waals surface area contributed by atoms with E-state index in [4.69, 9.17) is 17.3 Å². The maximum atomic E-state index is 6.01. The van der Waals surface area contributed by atoms with Crippen molar-refractivity contribution < 1.29 is 0 Å². The minimum Gasteiger partial charge on any atom is -0.330 e. The standard InChI is InChI=1S/C11H16ClN/c1-8(7-13)6-10-4-3-5-11(12)9(10)2/h3-5,8H,6-7,13H2,1-2H3. The predicted molar refractivity (Wildman–Crippen MR) is 58.1 cm³/mol. The van der Waals surface area contributed by atoms with Gasteiger partial charge in [0, 0.05) is 5.02 Å². The average molecular weight is 198 g/mol. The van der Waals surface area contributed by atoms with Gasteiger partial charge in [-0.1, -0.05) is 30.7 Å². The molecule has 2 N–H and O–H groups in total. The van der Waals surface area contributed by atoms with E-state index in [2.05, 4.69) is 19.9 Å². The third-order valence-corrected chi connectivity index (χ3v) is 2.76. The van der Waals surface area contributed by atoms with E-state index in [1.54, 1.807) is 0 Å². The first-order valence-electron chi connectivity index (χ1n) is 4.59. The van der Waals surface area contributed by atoms with Crippen molar-refractivity contribution in [3.05, 3.63) is 34.3 Å². The van der Waals surface area contributed by atoms with Crippen LogP contribution in [-0.2, 0) is 6.42 Å². The summed E-state index contributed by atoms with van der Waals surface area (Å²) in [6.07, 6.45) is 1.02. The van der Waals surface area contributed by atoms with E-state index in [1.165, 1.54) is 11.1 Å². The summed E-state index contributed by atoms with van der Waals surface area (Å²) in [6.45, 7) is 4.94. The Hall–Kier alpha value is -0.530. The number of nitrogens with two attached hydrogens (primary N) is 1. The molecule has 0 fully saturated rings. The molecule has 0 aliphatic rings. The quantitative estimate of drug-likeness (QED) is 0.793. The smallest absolute Gasteiger partial charge is 0.0437 e. The Morgan fingerprint density at radius 1 is 1.46 bits per heavy atom. The molecule has 13 heavy (non-hydrogen) atoms. The second kappa shape index (κ2) is 4.64. The Balaban J connectivity index is 2.83. The van der Waals surface area contributed by atoms with Crippen molar-refractivity contribution in [1.29, 1.82) is 0 Å². The van der Waals surface area contributed by atoms with E-state index < -0.39 is 0 Å². The van der Waals surface area contributed by atoms with Crippen LogP contribution in [0.2, 0.25) is 5.02 Å². The zero-order chi connectivity index (χ0) is 9.84. The van der Waals surface area contributed by atoms with Crippen LogP contribution in [0.3, 0.4) is 0 Å². The van der Waals surface area contributed by atoms with Gasteiger partial charge in [-0.15, -0.1) is 0 Å². The van der Waals surface area contributed by atoms with Crippen LogP contribution in [0.25, 0.3) is 0 Å². The van der Waals surface area contributed by atoms with Gasteiger partial charge in [-0.05, 0) is 43.0 Å². The van der Waals surface area contributed by atoms with Gasteiger partial charge in [0.25, 0.3) is 0 Å². The van der Waals surface area contributed by atoms with Crippen molar-refractivity contribution in [2.24, 2.45) is 11.7 Å². The zero-order valence-corrected chi connectivity index (χ0v) is 8.93. The van der Waals surface area contributed by atoms with E-state index >= 15 is 0 Å². The number of rotatable bonds is 3. The molecule has 0 amide bonds. The van der Waals surface area contributed by atoms with Crippen molar-refractivity contribution in [3.63, 3.8) is 0 Å². The highest BCUT2D eigenvalue weighted by Gasteiger charge is 2.05. The molecule has 1 aromatic rings. The molecule has 1 unspecified atom stereocenters. The van der Waals surface area contributed by atoms with Crippen LogP contribution in [-0.4, -0.2) is 6.54 Å². The highest BCUT2D eigenvalue weighted by atomic mass is 35.5. The lowest BCUT2D eigenvalue weighted by molar-refractivity contribution is 0.591. The first-order chi connectivity index (χ1) is 6.15. The molecule has 0 aliphatic carbocycles. The van der Waals surface area contributed by atoms with Crippen LogP contribution in [0.4, 0.5) is 0 Å². The Morgan fingerprint density at radius 3 is 2.77 bits per heavy atom. The third-order valence-electron chi connectivity index (χ3n) is 2.35. The van der Waals surface area contributed by atoms with Crippen LogP contribution in [0.1, 0.15) is 18.1 Å². The van der Waals surface area contributed by atoms with E-state index in [9.17, 15) is 0 Å². The first kappa shape index (κ1) is 10.6. The molecule has 0 aliphatic heterocycles. The van der Waals surface area contributed by atoms with Gasteiger partial charge in [0.1, 0.15) is 0 Å². The highest BCUT2D eigenvalue weighted by Crippen LogP contribution is 2.20. The zero-order valence-electron chi connectivity index (χ0n) is 8.18. The fourth-order valence-corrected chi connectivity index (χ4v) is 1.53. The fourth-order valence-electron chi connectivity index (χ4n) is 1.33. The average Bonchev–Trinajstić information content (AvgIpc) is 2.13. The van der Waals surface area contributed by atoms with Crippen molar-refractivity contribution in [2.45, 2.75) is 20.3 Å². The molecule has 0 heterocycles. The molecule has 0 spiro atoms. The maximum absolute atomic E-state index is 6.01. The summed E-state index contributed by atoms with van der Waals surface area (Å²) in [5.41, 5.74) is 8.07. The van der Waals surface area contributed by atoms with Gasteiger partial charge in [-0.3, -0.25) is 0 Å². The second-order valence-corrected chi connectivity index (χ2v) is 3.98. The normalized spacial score (nSPS) is 12.9. The van der Waals surface area contributed by atoms with Gasteiger partial charge < -0.3 is 5.73 Å². The Labute approximate surface area is 84.9 Å². The van der Waals surface area contributed by atoms with E-state index in [0.717, 1.165) is 18.0 Å². The van der Waals surface area contributed by atoms with Gasteiger partial charge in [0.05, 0.1) is 0 Å². The number of halogens is 1. The SMILES string of the molecule is Cc1c(Cl)cccc1CC(C)CN. The summed E-state index contributed by atoms with van der Waals surface area (Å²) in [6, 6.07) is 6.04. The van der Waals surface area contributed by atoms with Crippen molar-refractivity contribution in [3.8, 4) is 0 Å². The molecule has 1 nitrogen and oxygen atoms in total. The lowest BCUT2D eigenvalue weighted by Gasteiger charge is -2.11. The van der Waals surface area contributed by atoms with Gasteiger partial charge in [0.2, 0.25) is 0 Å². The minimum atomic E-state index is 0.525. The second-order valence-electron chi connectivity index (χ2n) is 3.57. The van der Waals surface area contributed by atoms with Crippen molar-refractivity contribution >= 4 is 11.6 Å². The molecule has 72 valence electrons. The number of benzene rings is 1. The molecule has 0 bridgehead atoms. The molecular formula is C11H16ClN. The van der Waals surface area contributed by atoms with E-state index in [0.29, 0.717) is 5.92 Å². The minimum absolute atomic E-state index is 0.525. The van der Waals surface area contributed by atoms with Crippen LogP contribution in [0, 0.1) is 12.8 Å².